The van der Waals surface area contributed by atoms with Crippen LogP contribution in [0.15, 0.2) is 17.0 Å². The van der Waals surface area contributed by atoms with E-state index in [1.54, 1.807) is 6.07 Å². The number of hydrogen-bond donors (Lipinski definition) is 0. The summed E-state index contributed by atoms with van der Waals surface area (Å²) in [4.78, 5) is 10.9. The van der Waals surface area contributed by atoms with Gasteiger partial charge in [-0.05, 0) is 23.9 Å². The third-order valence-corrected chi connectivity index (χ3v) is 2.92. The van der Waals surface area contributed by atoms with E-state index in [0.29, 0.717) is 0 Å². The van der Waals surface area contributed by atoms with Crippen LogP contribution in [-0.4, -0.2) is 18.6 Å². The number of hydrogen-bond acceptors (Lipinski definition) is 4. The molecular formula is C10H5ClF3NO2S. The number of ether oxygens (including phenoxy) is 1. The maximum Gasteiger partial charge on any atom is 0.446 e. The summed E-state index contributed by atoms with van der Waals surface area (Å²) in [6, 6.07) is 3.57. The van der Waals surface area contributed by atoms with Gasteiger partial charge in [-0.3, -0.25) is 0 Å². The standard InChI is InChI=1S/C10H5ClF3NO2S/c1-17-9(16)6-2-5(4-15)7(11)3-8(6)18-10(12,13)14/h2-3H,1H3. The summed E-state index contributed by atoms with van der Waals surface area (Å²) in [5.74, 6) is -0.963. The topological polar surface area (TPSA) is 50.1 Å². The van der Waals surface area contributed by atoms with E-state index in [9.17, 15) is 18.0 Å². The van der Waals surface area contributed by atoms with Crippen molar-refractivity contribution in [3.8, 4) is 6.07 Å². The van der Waals surface area contributed by atoms with Crippen LogP contribution in [0.5, 0.6) is 0 Å². The van der Waals surface area contributed by atoms with Gasteiger partial charge in [0.15, 0.2) is 0 Å². The van der Waals surface area contributed by atoms with Gasteiger partial charge in [-0.2, -0.15) is 18.4 Å². The summed E-state index contributed by atoms with van der Waals surface area (Å²) in [5.41, 5.74) is -5.01. The average molecular weight is 296 g/mol. The monoisotopic (exact) mass is 295 g/mol. The second kappa shape index (κ2) is 5.50. The molecule has 0 amide bonds. The molecule has 0 spiro atoms. The molecule has 1 aromatic carbocycles. The molecule has 0 aliphatic rings. The number of rotatable bonds is 2. The largest absolute Gasteiger partial charge is 0.465 e. The van der Waals surface area contributed by atoms with Gasteiger partial charge in [0.05, 0.1) is 23.3 Å². The SMILES string of the molecule is COC(=O)c1cc(C#N)c(Cl)cc1SC(F)(F)F. The average Bonchev–Trinajstić information content (AvgIpc) is 2.26. The zero-order chi connectivity index (χ0) is 13.9. The molecule has 0 radical (unpaired) electrons. The molecule has 0 atom stereocenters. The summed E-state index contributed by atoms with van der Waals surface area (Å²) in [7, 11) is 1.03. The molecule has 0 aliphatic carbocycles. The molecule has 0 aliphatic heterocycles. The van der Waals surface area contributed by atoms with Gasteiger partial charge < -0.3 is 4.74 Å². The first-order valence-electron chi connectivity index (χ1n) is 4.36. The third kappa shape index (κ3) is 3.55. The van der Waals surface area contributed by atoms with E-state index in [-0.39, 0.29) is 16.1 Å². The van der Waals surface area contributed by atoms with E-state index in [0.717, 1.165) is 19.2 Å². The van der Waals surface area contributed by atoms with Crippen LogP contribution in [-0.2, 0) is 4.74 Å². The number of nitrogens with zero attached hydrogens (tertiary/aromatic N) is 1. The van der Waals surface area contributed by atoms with Crippen LogP contribution in [0.2, 0.25) is 5.02 Å². The molecule has 0 N–H and O–H groups in total. The van der Waals surface area contributed by atoms with Crippen LogP contribution >= 0.6 is 23.4 Å². The van der Waals surface area contributed by atoms with Crippen LogP contribution in [0.25, 0.3) is 0 Å². The van der Waals surface area contributed by atoms with Gasteiger partial charge in [0.2, 0.25) is 0 Å². The van der Waals surface area contributed by atoms with E-state index in [1.807, 2.05) is 0 Å². The van der Waals surface area contributed by atoms with Crippen molar-refractivity contribution in [3.63, 3.8) is 0 Å². The number of carbonyl (C=O) groups excluding carboxylic acids is 1. The van der Waals surface area contributed by atoms with Gasteiger partial charge in [-0.1, -0.05) is 11.6 Å². The second-order valence-electron chi connectivity index (χ2n) is 2.98. The van der Waals surface area contributed by atoms with Crippen molar-refractivity contribution in [2.24, 2.45) is 0 Å². The first-order valence-corrected chi connectivity index (χ1v) is 5.55. The summed E-state index contributed by atoms with van der Waals surface area (Å²) in [6.07, 6.45) is 0. The smallest absolute Gasteiger partial charge is 0.446 e. The van der Waals surface area contributed by atoms with E-state index < -0.39 is 28.1 Å². The quantitative estimate of drug-likeness (QED) is 0.618. The van der Waals surface area contributed by atoms with E-state index in [4.69, 9.17) is 16.9 Å². The molecule has 96 valence electrons. The molecule has 0 unspecified atom stereocenters. The van der Waals surface area contributed by atoms with Crippen molar-refractivity contribution in [1.82, 2.24) is 0 Å². The summed E-state index contributed by atoms with van der Waals surface area (Å²) >= 11 is 5.13. The normalized spacial score (nSPS) is 10.9. The summed E-state index contributed by atoms with van der Waals surface area (Å²) in [6.45, 7) is 0. The molecule has 18 heavy (non-hydrogen) atoms. The Kier molecular flexibility index (Phi) is 4.48. The number of methoxy groups -OCH3 is 1. The molecule has 0 saturated carbocycles. The Morgan fingerprint density at radius 1 is 1.50 bits per heavy atom. The number of halogens is 4. The van der Waals surface area contributed by atoms with Crippen molar-refractivity contribution in [3.05, 3.63) is 28.3 Å². The highest BCUT2D eigenvalue weighted by molar-refractivity contribution is 8.00. The van der Waals surface area contributed by atoms with Crippen molar-refractivity contribution in [1.29, 1.82) is 5.26 Å². The molecule has 0 heterocycles. The molecule has 0 saturated heterocycles. The van der Waals surface area contributed by atoms with Gasteiger partial charge >= 0.3 is 11.5 Å². The zero-order valence-electron chi connectivity index (χ0n) is 8.84. The van der Waals surface area contributed by atoms with Crippen LogP contribution in [0.3, 0.4) is 0 Å². The first kappa shape index (κ1) is 14.7. The fourth-order valence-electron chi connectivity index (χ4n) is 1.12. The molecule has 0 bridgehead atoms. The number of carbonyl (C=O) groups is 1. The zero-order valence-corrected chi connectivity index (χ0v) is 10.4. The van der Waals surface area contributed by atoms with Crippen molar-refractivity contribution < 1.29 is 22.7 Å². The summed E-state index contributed by atoms with van der Waals surface area (Å²) in [5, 5.41) is 8.55. The Balaban J connectivity index is 3.35. The predicted molar refractivity (Wildman–Crippen MR) is 59.4 cm³/mol. The Hall–Kier alpha value is -1.39. The number of alkyl halides is 3. The molecular weight excluding hydrogens is 291 g/mol. The van der Waals surface area contributed by atoms with Crippen LogP contribution in [0.4, 0.5) is 13.2 Å². The minimum Gasteiger partial charge on any atom is -0.465 e. The van der Waals surface area contributed by atoms with Gasteiger partial charge in [-0.15, -0.1) is 0 Å². The van der Waals surface area contributed by atoms with Crippen LogP contribution in [0.1, 0.15) is 15.9 Å². The number of nitriles is 1. The van der Waals surface area contributed by atoms with Gasteiger partial charge in [0.25, 0.3) is 0 Å². The third-order valence-electron chi connectivity index (χ3n) is 1.82. The highest BCUT2D eigenvalue weighted by Crippen LogP contribution is 2.40. The molecule has 1 aromatic rings. The predicted octanol–water partition coefficient (Wildman–Crippen LogP) is 3.61. The Labute approximate surface area is 109 Å². The Morgan fingerprint density at radius 3 is 2.56 bits per heavy atom. The Bertz CT molecular complexity index is 525. The fourth-order valence-corrected chi connectivity index (χ4v) is 2.07. The van der Waals surface area contributed by atoms with Crippen molar-refractivity contribution in [2.45, 2.75) is 10.4 Å². The second-order valence-corrected chi connectivity index (χ2v) is 4.49. The van der Waals surface area contributed by atoms with Gasteiger partial charge in [-0.25, -0.2) is 4.79 Å². The minimum atomic E-state index is -4.57. The highest BCUT2D eigenvalue weighted by atomic mass is 35.5. The first-order chi connectivity index (χ1) is 8.28. The molecule has 0 fully saturated rings. The lowest BCUT2D eigenvalue weighted by Gasteiger charge is -2.11. The molecule has 3 nitrogen and oxygen atoms in total. The van der Waals surface area contributed by atoms with Gasteiger partial charge in [0.1, 0.15) is 6.07 Å². The lowest BCUT2D eigenvalue weighted by atomic mass is 10.1. The van der Waals surface area contributed by atoms with E-state index in [1.165, 1.54) is 0 Å². The fraction of sp³-hybridized carbons (Fsp3) is 0.200. The Morgan fingerprint density at radius 2 is 2.11 bits per heavy atom. The number of benzene rings is 1. The van der Waals surface area contributed by atoms with E-state index >= 15 is 0 Å². The van der Waals surface area contributed by atoms with Crippen LogP contribution < -0.4 is 0 Å². The maximum absolute atomic E-state index is 12.3. The van der Waals surface area contributed by atoms with E-state index in [2.05, 4.69) is 4.74 Å². The van der Waals surface area contributed by atoms with Crippen molar-refractivity contribution in [2.75, 3.05) is 7.11 Å². The summed E-state index contributed by atoms with van der Waals surface area (Å²) < 4.78 is 41.3. The van der Waals surface area contributed by atoms with Crippen LogP contribution in [0, 0.1) is 11.3 Å². The highest BCUT2D eigenvalue weighted by Gasteiger charge is 2.32. The lowest BCUT2D eigenvalue weighted by Crippen LogP contribution is -2.07. The molecule has 8 heteroatoms. The molecule has 0 aromatic heterocycles. The maximum atomic E-state index is 12.3. The van der Waals surface area contributed by atoms with Gasteiger partial charge in [0, 0.05) is 4.90 Å². The minimum absolute atomic E-state index is 0.0939. The number of thioether (sulfide) groups is 1. The molecule has 1 rings (SSSR count). The van der Waals surface area contributed by atoms with Crippen molar-refractivity contribution >= 4 is 29.3 Å². The number of esters is 1. The lowest BCUT2D eigenvalue weighted by molar-refractivity contribution is -0.0328.